The fraction of sp³-hybridized carbons (Fsp3) is 0.529. The highest BCUT2D eigenvalue weighted by molar-refractivity contribution is 5.35. The minimum atomic E-state index is 0.368. The summed E-state index contributed by atoms with van der Waals surface area (Å²) in [4.78, 5) is 4.62. The molecule has 1 unspecified atom stereocenters. The molecule has 2 fully saturated rings. The highest BCUT2D eigenvalue weighted by Crippen LogP contribution is 2.64. The highest BCUT2D eigenvalue weighted by Gasteiger charge is 2.57. The van der Waals surface area contributed by atoms with Crippen LogP contribution in [0, 0.1) is 5.41 Å². The summed E-state index contributed by atoms with van der Waals surface area (Å²) < 4.78 is 16.4. The molecule has 1 aromatic carbocycles. The average molecular weight is 300 g/mol. The third-order valence-electron chi connectivity index (χ3n) is 5.00. The summed E-state index contributed by atoms with van der Waals surface area (Å²) in [5, 5.41) is 4.15. The van der Waals surface area contributed by atoms with Gasteiger partial charge in [-0.2, -0.15) is 4.98 Å². The summed E-state index contributed by atoms with van der Waals surface area (Å²) in [7, 11) is 1.68. The van der Waals surface area contributed by atoms with E-state index < -0.39 is 0 Å². The molecule has 0 bridgehead atoms. The van der Waals surface area contributed by atoms with Crippen LogP contribution >= 0.6 is 0 Å². The van der Waals surface area contributed by atoms with Crippen molar-refractivity contribution in [2.45, 2.75) is 31.6 Å². The van der Waals surface area contributed by atoms with Crippen LogP contribution in [0.15, 0.2) is 28.8 Å². The Kier molecular flexibility index (Phi) is 3.37. The van der Waals surface area contributed by atoms with Gasteiger partial charge in [0.25, 0.3) is 0 Å². The molecule has 5 heteroatoms. The lowest BCUT2D eigenvalue weighted by molar-refractivity contribution is 0.0544. The second-order valence-electron chi connectivity index (χ2n) is 6.27. The van der Waals surface area contributed by atoms with Crippen LogP contribution in [0.5, 0.6) is 5.75 Å². The lowest BCUT2D eigenvalue weighted by atomic mass is 9.94. The van der Waals surface area contributed by atoms with Crippen molar-refractivity contribution >= 4 is 0 Å². The van der Waals surface area contributed by atoms with Crippen LogP contribution in [0.25, 0.3) is 0 Å². The number of aromatic nitrogens is 2. The second-order valence-corrected chi connectivity index (χ2v) is 6.27. The predicted molar refractivity (Wildman–Crippen MR) is 79.9 cm³/mol. The van der Waals surface area contributed by atoms with Gasteiger partial charge >= 0.3 is 0 Å². The van der Waals surface area contributed by atoms with Gasteiger partial charge in [0.05, 0.1) is 7.11 Å². The molecule has 1 aliphatic carbocycles. The number of ether oxygens (including phenoxy) is 2. The summed E-state index contributed by atoms with van der Waals surface area (Å²) in [6.07, 6.45) is 4.02. The van der Waals surface area contributed by atoms with E-state index in [1.807, 2.05) is 24.3 Å². The minimum absolute atomic E-state index is 0.368. The number of hydrogen-bond donors (Lipinski definition) is 0. The van der Waals surface area contributed by atoms with E-state index in [-0.39, 0.29) is 0 Å². The Morgan fingerprint density at radius 1 is 1.27 bits per heavy atom. The molecular weight excluding hydrogens is 280 g/mol. The molecule has 1 atom stereocenters. The Balaban J connectivity index is 1.48. The van der Waals surface area contributed by atoms with E-state index in [2.05, 4.69) is 10.1 Å². The first-order valence-electron chi connectivity index (χ1n) is 7.83. The van der Waals surface area contributed by atoms with Gasteiger partial charge in [-0.3, -0.25) is 0 Å². The summed E-state index contributed by atoms with van der Waals surface area (Å²) >= 11 is 0. The van der Waals surface area contributed by atoms with Gasteiger partial charge in [-0.05, 0) is 30.7 Å². The lowest BCUT2D eigenvalue weighted by Crippen LogP contribution is -2.18. The van der Waals surface area contributed by atoms with Crippen LogP contribution in [0.3, 0.4) is 0 Å². The van der Waals surface area contributed by atoms with Gasteiger partial charge in [-0.25, -0.2) is 0 Å². The smallest absolute Gasteiger partial charge is 0.230 e. The first kappa shape index (κ1) is 13.8. The minimum Gasteiger partial charge on any atom is -0.496 e. The van der Waals surface area contributed by atoms with Gasteiger partial charge in [-0.1, -0.05) is 23.4 Å². The fourth-order valence-corrected chi connectivity index (χ4v) is 3.53. The molecule has 0 radical (unpaired) electrons. The molecule has 0 amide bonds. The number of methoxy groups -OCH3 is 1. The normalized spacial score (nSPS) is 22.7. The predicted octanol–water partition coefficient (Wildman–Crippen LogP) is 2.95. The third-order valence-corrected chi connectivity index (χ3v) is 5.00. The second kappa shape index (κ2) is 5.39. The lowest BCUT2D eigenvalue weighted by Gasteiger charge is -2.21. The molecule has 1 saturated heterocycles. The first-order valence-corrected chi connectivity index (χ1v) is 7.83. The molecule has 1 aliphatic heterocycles. The summed E-state index contributed by atoms with van der Waals surface area (Å²) in [5.41, 5.74) is 1.45. The van der Waals surface area contributed by atoms with Crippen molar-refractivity contribution in [1.29, 1.82) is 0 Å². The number of para-hydroxylation sites is 1. The standard InChI is InChI=1S/C17H20N2O3/c1-20-14-5-3-2-4-12(14)10-15-18-16(22-19-15)13-11-17(13)6-8-21-9-7-17/h2-5,13H,6-11H2,1H3. The zero-order valence-electron chi connectivity index (χ0n) is 12.7. The van der Waals surface area contributed by atoms with Crippen LogP contribution in [0.2, 0.25) is 0 Å². The molecule has 2 heterocycles. The van der Waals surface area contributed by atoms with E-state index in [4.69, 9.17) is 14.0 Å². The molecule has 1 spiro atoms. The van der Waals surface area contributed by atoms with Crippen molar-refractivity contribution in [3.63, 3.8) is 0 Å². The van der Waals surface area contributed by atoms with E-state index in [1.54, 1.807) is 7.11 Å². The van der Waals surface area contributed by atoms with E-state index >= 15 is 0 Å². The van der Waals surface area contributed by atoms with Crippen LogP contribution in [0.4, 0.5) is 0 Å². The highest BCUT2D eigenvalue weighted by atomic mass is 16.5. The Morgan fingerprint density at radius 2 is 2.09 bits per heavy atom. The van der Waals surface area contributed by atoms with E-state index in [0.717, 1.165) is 55.5 Å². The number of benzene rings is 1. The Bertz CT molecular complexity index is 661. The van der Waals surface area contributed by atoms with Crippen LogP contribution in [-0.4, -0.2) is 30.5 Å². The molecule has 116 valence electrons. The van der Waals surface area contributed by atoms with Crippen molar-refractivity contribution in [3.05, 3.63) is 41.5 Å². The largest absolute Gasteiger partial charge is 0.496 e. The number of hydrogen-bond acceptors (Lipinski definition) is 5. The Labute approximate surface area is 129 Å². The summed E-state index contributed by atoms with van der Waals surface area (Å²) in [5.74, 6) is 2.82. The van der Waals surface area contributed by atoms with Gasteiger partial charge in [0.2, 0.25) is 5.89 Å². The van der Waals surface area contributed by atoms with Crippen LogP contribution in [-0.2, 0) is 11.2 Å². The monoisotopic (exact) mass is 300 g/mol. The maximum absolute atomic E-state index is 5.52. The summed E-state index contributed by atoms with van der Waals surface area (Å²) in [6, 6.07) is 7.94. The van der Waals surface area contributed by atoms with Gasteiger partial charge in [-0.15, -0.1) is 0 Å². The molecule has 1 saturated carbocycles. The summed E-state index contributed by atoms with van der Waals surface area (Å²) in [6.45, 7) is 1.72. The maximum atomic E-state index is 5.52. The molecular formula is C17H20N2O3. The first-order chi connectivity index (χ1) is 10.8. The third kappa shape index (κ3) is 2.39. The van der Waals surface area contributed by atoms with Crippen LogP contribution in [0.1, 0.15) is 42.5 Å². The van der Waals surface area contributed by atoms with Crippen molar-refractivity contribution in [2.75, 3.05) is 20.3 Å². The fourth-order valence-electron chi connectivity index (χ4n) is 3.53. The van der Waals surface area contributed by atoms with Crippen molar-refractivity contribution in [2.24, 2.45) is 5.41 Å². The molecule has 1 aromatic heterocycles. The van der Waals surface area contributed by atoms with E-state index in [1.165, 1.54) is 0 Å². The molecule has 0 N–H and O–H groups in total. The Hall–Kier alpha value is -1.88. The van der Waals surface area contributed by atoms with Gasteiger partial charge in [0.15, 0.2) is 5.82 Å². The molecule has 4 rings (SSSR count). The zero-order chi connectivity index (χ0) is 15.0. The van der Waals surface area contributed by atoms with Crippen molar-refractivity contribution in [3.8, 4) is 5.75 Å². The Morgan fingerprint density at radius 3 is 2.91 bits per heavy atom. The van der Waals surface area contributed by atoms with Crippen LogP contribution < -0.4 is 4.74 Å². The average Bonchev–Trinajstić information content (AvgIpc) is 3.04. The number of nitrogens with zero attached hydrogens (tertiary/aromatic N) is 2. The zero-order valence-corrected chi connectivity index (χ0v) is 12.7. The van der Waals surface area contributed by atoms with E-state index in [0.29, 0.717) is 17.8 Å². The molecule has 2 aliphatic rings. The number of rotatable bonds is 4. The quantitative estimate of drug-likeness (QED) is 0.869. The molecule has 22 heavy (non-hydrogen) atoms. The van der Waals surface area contributed by atoms with E-state index in [9.17, 15) is 0 Å². The van der Waals surface area contributed by atoms with Gasteiger partial charge in [0, 0.05) is 31.1 Å². The van der Waals surface area contributed by atoms with Crippen molar-refractivity contribution < 1.29 is 14.0 Å². The SMILES string of the molecule is COc1ccccc1Cc1noc(C2CC23CCOCC3)n1. The maximum Gasteiger partial charge on any atom is 0.230 e. The van der Waals surface area contributed by atoms with Gasteiger partial charge in [0.1, 0.15) is 5.75 Å². The molecule has 2 aromatic rings. The van der Waals surface area contributed by atoms with Gasteiger partial charge < -0.3 is 14.0 Å². The molecule has 5 nitrogen and oxygen atoms in total. The van der Waals surface area contributed by atoms with Crippen molar-refractivity contribution in [1.82, 2.24) is 10.1 Å². The topological polar surface area (TPSA) is 57.4 Å².